The highest BCUT2D eigenvalue weighted by Gasteiger charge is 2.27. The molecule has 0 aliphatic heterocycles. The SMILES string of the molecule is C[C@@H](Nc1nc(NCC(F)(F)F)c2nc(C#CC(C)(C)C)ccc2n1)C1=CCC(S(N)=O)C=CC1. The van der Waals surface area contributed by atoms with Crippen molar-refractivity contribution >= 4 is 33.8 Å². The van der Waals surface area contributed by atoms with Crippen LogP contribution in [0.5, 0.6) is 0 Å². The summed E-state index contributed by atoms with van der Waals surface area (Å²) in [5.41, 5.74) is 1.76. The predicted octanol–water partition coefficient (Wildman–Crippen LogP) is 4.46. The largest absolute Gasteiger partial charge is 0.405 e. The number of nitrogens with zero attached hydrogens (tertiary/aromatic N) is 3. The summed E-state index contributed by atoms with van der Waals surface area (Å²) >= 11 is 0. The maximum absolute atomic E-state index is 12.9. The van der Waals surface area contributed by atoms with Crippen molar-refractivity contribution in [2.75, 3.05) is 17.2 Å². The molecule has 7 nitrogen and oxygen atoms in total. The lowest BCUT2D eigenvalue weighted by atomic mass is 9.98. The Balaban J connectivity index is 1.93. The number of halogens is 3. The summed E-state index contributed by atoms with van der Waals surface area (Å²) in [6.07, 6.45) is 2.43. The summed E-state index contributed by atoms with van der Waals surface area (Å²) in [6.45, 7) is 6.50. The molecule has 3 atom stereocenters. The van der Waals surface area contributed by atoms with E-state index in [9.17, 15) is 17.4 Å². The van der Waals surface area contributed by atoms with Crippen LogP contribution < -0.4 is 15.8 Å². The fraction of sp³-hybridized carbons (Fsp3) is 0.458. The predicted molar refractivity (Wildman–Crippen MR) is 134 cm³/mol. The molecule has 2 aromatic rings. The standard InChI is InChI=1S/C24H29F3N6OS/c1-15(16-6-5-7-18(10-8-16)35(28)34)30-22-32-19-11-9-17(12-13-23(2,3)4)31-20(19)21(33-22)29-14-24(25,26)27/h5,7-9,11,15,18H,6,10,14,28H2,1-4H3,(H2,29,30,32,33)/t15-,18?,35?/m1/s1. The van der Waals surface area contributed by atoms with Gasteiger partial charge in [-0.1, -0.05) is 24.1 Å². The average Bonchev–Trinajstić information content (AvgIpc) is 3.01. The van der Waals surface area contributed by atoms with Gasteiger partial charge >= 0.3 is 6.18 Å². The molecule has 0 bridgehead atoms. The van der Waals surface area contributed by atoms with E-state index in [4.69, 9.17) is 5.14 Å². The molecule has 35 heavy (non-hydrogen) atoms. The highest BCUT2D eigenvalue weighted by Crippen LogP contribution is 2.25. The zero-order valence-corrected chi connectivity index (χ0v) is 20.8. The maximum atomic E-state index is 12.9. The molecule has 1 aliphatic rings. The molecule has 11 heteroatoms. The molecule has 4 N–H and O–H groups in total. The third-order valence-corrected chi connectivity index (χ3v) is 6.03. The second-order valence-electron chi connectivity index (χ2n) is 9.31. The van der Waals surface area contributed by atoms with Gasteiger partial charge in [0.05, 0.1) is 21.8 Å². The van der Waals surface area contributed by atoms with Crippen LogP contribution in [-0.4, -0.2) is 43.2 Å². The number of hydrogen-bond donors (Lipinski definition) is 3. The molecule has 0 spiro atoms. The molecule has 0 fully saturated rings. The molecule has 0 radical (unpaired) electrons. The molecule has 3 rings (SSSR count). The van der Waals surface area contributed by atoms with Gasteiger partial charge in [0.25, 0.3) is 0 Å². The number of anilines is 2. The van der Waals surface area contributed by atoms with Crippen molar-refractivity contribution in [2.45, 2.75) is 58.0 Å². The Labute approximate surface area is 205 Å². The lowest BCUT2D eigenvalue weighted by Gasteiger charge is -2.18. The van der Waals surface area contributed by atoms with Gasteiger partial charge in [0.15, 0.2) is 5.82 Å². The maximum Gasteiger partial charge on any atom is 0.405 e. The van der Waals surface area contributed by atoms with Gasteiger partial charge in [-0.3, -0.25) is 5.14 Å². The number of alkyl halides is 3. The lowest BCUT2D eigenvalue weighted by molar-refractivity contribution is -0.115. The van der Waals surface area contributed by atoms with E-state index < -0.39 is 23.7 Å². The zero-order chi connectivity index (χ0) is 25.8. The van der Waals surface area contributed by atoms with Crippen LogP contribution in [0.2, 0.25) is 0 Å². The molecule has 2 aromatic heterocycles. The van der Waals surface area contributed by atoms with Crippen LogP contribution in [0.15, 0.2) is 35.9 Å². The molecule has 0 saturated heterocycles. The van der Waals surface area contributed by atoms with Crippen LogP contribution in [0.25, 0.3) is 11.0 Å². The molecule has 0 aromatic carbocycles. The summed E-state index contributed by atoms with van der Waals surface area (Å²) < 4.78 is 50.4. The van der Waals surface area contributed by atoms with Gasteiger partial charge in [0.1, 0.15) is 17.8 Å². The summed E-state index contributed by atoms with van der Waals surface area (Å²) in [5, 5.41) is 10.8. The lowest BCUT2D eigenvalue weighted by Crippen LogP contribution is -2.23. The number of aromatic nitrogens is 3. The third-order valence-electron chi connectivity index (χ3n) is 5.08. The monoisotopic (exact) mass is 506 g/mol. The van der Waals surface area contributed by atoms with Gasteiger partial charge in [-0.15, -0.1) is 0 Å². The number of rotatable bonds is 6. The third kappa shape index (κ3) is 8.04. The molecular formula is C24H29F3N6OS. The summed E-state index contributed by atoms with van der Waals surface area (Å²) in [4.78, 5) is 13.2. The molecule has 0 saturated carbocycles. The number of nitrogens with two attached hydrogens (primary N) is 1. The number of pyridine rings is 1. The summed E-state index contributed by atoms with van der Waals surface area (Å²) in [7, 11) is -1.46. The second kappa shape index (κ2) is 10.7. The van der Waals surface area contributed by atoms with Crippen LogP contribution in [0.4, 0.5) is 24.9 Å². The van der Waals surface area contributed by atoms with Crippen molar-refractivity contribution in [2.24, 2.45) is 10.6 Å². The normalized spacial score (nSPS) is 18.2. The minimum Gasteiger partial charge on any atom is -0.359 e. The fourth-order valence-electron chi connectivity index (χ4n) is 3.30. The van der Waals surface area contributed by atoms with E-state index in [0.29, 0.717) is 24.1 Å². The molecule has 2 heterocycles. The van der Waals surface area contributed by atoms with Gasteiger partial charge in [0.2, 0.25) is 5.95 Å². The Morgan fingerprint density at radius 1 is 1.23 bits per heavy atom. The van der Waals surface area contributed by atoms with Gasteiger partial charge in [-0.05, 0) is 64.2 Å². The van der Waals surface area contributed by atoms with Crippen molar-refractivity contribution in [1.29, 1.82) is 0 Å². The van der Waals surface area contributed by atoms with Crippen LogP contribution >= 0.6 is 0 Å². The Morgan fingerprint density at radius 3 is 2.63 bits per heavy atom. The van der Waals surface area contributed by atoms with Crippen molar-refractivity contribution in [1.82, 2.24) is 15.0 Å². The quantitative estimate of drug-likeness (QED) is 0.395. The molecule has 0 amide bonds. The number of nitrogens with one attached hydrogen (secondary N) is 2. The Morgan fingerprint density at radius 2 is 1.97 bits per heavy atom. The first-order valence-corrected chi connectivity index (χ1v) is 12.4. The Bertz CT molecular complexity index is 1220. The minimum absolute atomic E-state index is 0.0326. The molecule has 2 unspecified atom stereocenters. The van der Waals surface area contributed by atoms with Crippen LogP contribution in [0.3, 0.4) is 0 Å². The molecule has 1 aliphatic carbocycles. The van der Waals surface area contributed by atoms with Crippen LogP contribution in [0, 0.1) is 17.3 Å². The van der Waals surface area contributed by atoms with E-state index >= 15 is 0 Å². The van der Waals surface area contributed by atoms with E-state index in [1.54, 1.807) is 12.1 Å². The van der Waals surface area contributed by atoms with Crippen molar-refractivity contribution in [3.8, 4) is 11.8 Å². The fourth-order valence-corrected chi connectivity index (χ4v) is 3.86. The van der Waals surface area contributed by atoms with E-state index in [1.165, 1.54) is 0 Å². The Hall–Kier alpha value is -2.97. The number of hydrogen-bond acceptors (Lipinski definition) is 6. The van der Waals surface area contributed by atoms with Gasteiger partial charge in [-0.25, -0.2) is 14.2 Å². The summed E-state index contributed by atoms with van der Waals surface area (Å²) in [5.74, 6) is 6.15. The van der Waals surface area contributed by atoms with Gasteiger partial charge in [-0.2, -0.15) is 18.2 Å². The first-order valence-electron chi connectivity index (χ1n) is 11.1. The highest BCUT2D eigenvalue weighted by molar-refractivity contribution is 7.83. The van der Waals surface area contributed by atoms with E-state index in [0.717, 1.165) is 5.57 Å². The Kier molecular flexibility index (Phi) is 8.18. The van der Waals surface area contributed by atoms with E-state index in [1.807, 2.05) is 45.9 Å². The second-order valence-corrected chi connectivity index (χ2v) is 10.6. The number of fused-ring (bicyclic) bond motifs is 1. The van der Waals surface area contributed by atoms with Crippen molar-refractivity contribution in [3.05, 3.63) is 41.6 Å². The number of allylic oxidation sites excluding steroid dienone is 2. The molecular weight excluding hydrogens is 477 g/mol. The first-order chi connectivity index (χ1) is 16.3. The van der Waals surface area contributed by atoms with Crippen molar-refractivity contribution in [3.63, 3.8) is 0 Å². The van der Waals surface area contributed by atoms with Gasteiger partial charge in [0, 0.05) is 11.5 Å². The summed E-state index contributed by atoms with van der Waals surface area (Å²) in [6, 6.07) is 3.13. The van der Waals surface area contributed by atoms with Crippen molar-refractivity contribution < 1.29 is 17.4 Å². The topological polar surface area (TPSA) is 106 Å². The average molecular weight is 507 g/mol. The highest BCUT2D eigenvalue weighted by atomic mass is 32.2. The minimum atomic E-state index is -4.43. The van der Waals surface area contributed by atoms with Crippen LogP contribution in [-0.2, 0) is 11.0 Å². The smallest absolute Gasteiger partial charge is 0.359 e. The molecule has 188 valence electrons. The van der Waals surface area contributed by atoms with Gasteiger partial charge < -0.3 is 10.6 Å². The van der Waals surface area contributed by atoms with E-state index in [2.05, 4.69) is 37.4 Å². The van der Waals surface area contributed by atoms with Crippen LogP contribution in [0.1, 0.15) is 46.2 Å². The zero-order valence-electron chi connectivity index (χ0n) is 20.0. The first kappa shape index (κ1) is 26.6. The van der Waals surface area contributed by atoms with E-state index in [-0.39, 0.29) is 34.0 Å².